The number of carbonyl (C=O) groups is 1. The van der Waals surface area contributed by atoms with Crippen LogP contribution < -0.4 is 11.1 Å². The molecule has 1 aliphatic heterocycles. The van der Waals surface area contributed by atoms with Crippen molar-refractivity contribution < 1.29 is 4.79 Å². The number of nitrogens with two attached hydrogens (primary N) is 1. The summed E-state index contributed by atoms with van der Waals surface area (Å²) < 4.78 is 1.91. The van der Waals surface area contributed by atoms with E-state index in [0.29, 0.717) is 5.95 Å². The monoisotopic (exact) mass is 533 g/mol. The quantitative estimate of drug-likeness (QED) is 0.347. The molecular formula is C31H43N5OS. The highest BCUT2D eigenvalue weighted by atomic mass is 32.2. The maximum atomic E-state index is 13.2. The minimum atomic E-state index is -0.631. The first kappa shape index (κ1) is 27.2. The first-order chi connectivity index (χ1) is 18.4. The van der Waals surface area contributed by atoms with Crippen molar-refractivity contribution >= 4 is 34.7 Å². The zero-order chi connectivity index (χ0) is 26.8. The molecule has 3 aromatic rings. The number of nitrogens with one attached hydrogen (secondary N) is 1. The third-order valence-electron chi connectivity index (χ3n) is 9.07. The van der Waals surface area contributed by atoms with Crippen LogP contribution >= 0.6 is 11.8 Å². The fourth-order valence-corrected chi connectivity index (χ4v) is 6.90. The lowest BCUT2D eigenvalue weighted by atomic mass is 9.79. The summed E-state index contributed by atoms with van der Waals surface area (Å²) in [6.07, 6.45) is 11.8. The van der Waals surface area contributed by atoms with E-state index in [2.05, 4.69) is 57.2 Å². The Morgan fingerprint density at radius 1 is 1.03 bits per heavy atom. The number of hydrogen-bond acceptors (Lipinski definition) is 5. The molecule has 5 rings (SSSR count). The molecule has 2 heterocycles. The number of nitrogens with zero attached hydrogens (tertiary/aromatic N) is 3. The zero-order valence-corrected chi connectivity index (χ0v) is 24.0. The molecule has 0 radical (unpaired) electrons. The third-order valence-corrected chi connectivity index (χ3v) is 10.4. The van der Waals surface area contributed by atoms with Crippen LogP contribution in [0.15, 0.2) is 54.6 Å². The smallest absolute Gasteiger partial charge is 0.245 e. The van der Waals surface area contributed by atoms with Crippen LogP contribution in [0.2, 0.25) is 0 Å². The topological polar surface area (TPSA) is 76.2 Å². The van der Waals surface area contributed by atoms with E-state index in [0.717, 1.165) is 37.0 Å². The molecule has 204 valence electrons. The number of thioether (sulfide) groups is 1. The summed E-state index contributed by atoms with van der Waals surface area (Å²) in [5.41, 5.74) is 9.98. The number of amides is 1. The van der Waals surface area contributed by atoms with Gasteiger partial charge in [0.05, 0.1) is 17.1 Å². The van der Waals surface area contributed by atoms with Gasteiger partial charge >= 0.3 is 0 Å². The Bertz CT molecular complexity index is 1220. The Labute approximate surface area is 231 Å². The van der Waals surface area contributed by atoms with E-state index in [9.17, 15) is 4.79 Å². The van der Waals surface area contributed by atoms with Gasteiger partial charge in [0.1, 0.15) is 0 Å². The SMILES string of the molecule is CSC(C)(C)C(N)C(=O)Nc1nc2ccccc2n1C1CCN(C2(c3ccccc3)CCCCCC2)CC1. The molecule has 6 nitrogen and oxygen atoms in total. The lowest BCUT2D eigenvalue weighted by Crippen LogP contribution is -2.50. The number of carbonyl (C=O) groups excluding carboxylic acids is 1. The third kappa shape index (κ3) is 5.25. The Kier molecular flexibility index (Phi) is 8.17. The van der Waals surface area contributed by atoms with Gasteiger partial charge in [0.2, 0.25) is 11.9 Å². The Morgan fingerprint density at radius 2 is 1.66 bits per heavy atom. The maximum absolute atomic E-state index is 13.2. The van der Waals surface area contributed by atoms with Gasteiger partial charge in [0.25, 0.3) is 0 Å². The fraction of sp³-hybridized carbons (Fsp3) is 0.548. The predicted molar refractivity (Wildman–Crippen MR) is 160 cm³/mol. The normalized spacial score (nSPS) is 20.2. The highest BCUT2D eigenvalue weighted by Gasteiger charge is 2.41. The van der Waals surface area contributed by atoms with Crippen molar-refractivity contribution in [2.75, 3.05) is 24.7 Å². The van der Waals surface area contributed by atoms with Crippen LogP contribution in [0.3, 0.4) is 0 Å². The van der Waals surface area contributed by atoms with Crippen molar-refractivity contribution in [2.24, 2.45) is 5.73 Å². The summed E-state index contributed by atoms with van der Waals surface area (Å²) in [7, 11) is 0. The van der Waals surface area contributed by atoms with E-state index < -0.39 is 6.04 Å². The van der Waals surface area contributed by atoms with Crippen LogP contribution in [0.5, 0.6) is 0 Å². The molecular weight excluding hydrogens is 490 g/mol. The highest BCUT2D eigenvalue weighted by molar-refractivity contribution is 8.00. The van der Waals surface area contributed by atoms with Crippen molar-refractivity contribution in [1.29, 1.82) is 0 Å². The summed E-state index contributed by atoms with van der Waals surface area (Å²) in [6.45, 7) is 6.10. The second-order valence-corrected chi connectivity index (χ2v) is 13.1. The summed E-state index contributed by atoms with van der Waals surface area (Å²) in [5, 5.41) is 3.11. The molecule has 0 spiro atoms. The lowest BCUT2D eigenvalue weighted by Gasteiger charge is -2.48. The molecule has 2 aliphatic rings. The molecule has 1 unspecified atom stereocenters. The summed E-state index contributed by atoms with van der Waals surface area (Å²) >= 11 is 1.61. The molecule has 2 aromatic carbocycles. The second kappa shape index (κ2) is 11.4. The molecule has 1 atom stereocenters. The molecule has 38 heavy (non-hydrogen) atoms. The summed E-state index contributed by atoms with van der Waals surface area (Å²) in [4.78, 5) is 20.8. The minimum Gasteiger partial charge on any atom is -0.319 e. The first-order valence-corrected chi connectivity index (χ1v) is 15.5. The van der Waals surface area contributed by atoms with E-state index >= 15 is 0 Å². The minimum absolute atomic E-state index is 0.132. The van der Waals surface area contributed by atoms with Gasteiger partial charge in [-0.15, -0.1) is 0 Å². The number of benzene rings is 2. The van der Waals surface area contributed by atoms with Gasteiger partial charge < -0.3 is 10.3 Å². The standard InChI is InChI=1S/C31H43N5OS/c1-30(2,38-3)27(32)28(37)34-29-33-25-15-9-10-16-26(25)36(29)24-17-21-35(22-18-24)31(19-11-4-5-12-20-31)23-13-7-6-8-14-23/h6-10,13-16,24,27H,4-5,11-12,17-22,32H2,1-3H3,(H,33,34,37). The number of hydrogen-bond donors (Lipinski definition) is 2. The predicted octanol–water partition coefficient (Wildman–Crippen LogP) is 6.33. The Hall–Kier alpha value is -2.35. The molecule has 7 heteroatoms. The first-order valence-electron chi connectivity index (χ1n) is 14.2. The number of fused-ring (bicyclic) bond motifs is 1. The van der Waals surface area contributed by atoms with Gasteiger partial charge in [-0.05, 0) is 63.5 Å². The van der Waals surface area contributed by atoms with Crippen LogP contribution in [-0.2, 0) is 10.3 Å². The van der Waals surface area contributed by atoms with Crippen molar-refractivity contribution in [3.8, 4) is 0 Å². The molecule has 1 saturated heterocycles. The summed E-state index contributed by atoms with van der Waals surface area (Å²) in [6, 6.07) is 19.1. The average molecular weight is 534 g/mol. The van der Waals surface area contributed by atoms with E-state index in [4.69, 9.17) is 10.7 Å². The Morgan fingerprint density at radius 3 is 2.32 bits per heavy atom. The van der Waals surface area contributed by atoms with Gasteiger partial charge in [-0.25, -0.2) is 4.98 Å². The fourth-order valence-electron chi connectivity index (χ4n) is 6.53. The summed E-state index contributed by atoms with van der Waals surface area (Å²) in [5.74, 6) is 0.439. The highest BCUT2D eigenvalue weighted by Crippen LogP contribution is 2.44. The van der Waals surface area contributed by atoms with Gasteiger partial charge in [0.15, 0.2) is 0 Å². The van der Waals surface area contributed by atoms with Gasteiger partial charge in [0, 0.05) is 29.4 Å². The Balaban J connectivity index is 1.40. The van der Waals surface area contributed by atoms with E-state index in [1.807, 2.05) is 32.2 Å². The van der Waals surface area contributed by atoms with Crippen molar-refractivity contribution in [3.05, 3.63) is 60.2 Å². The van der Waals surface area contributed by atoms with Crippen LogP contribution in [0.1, 0.15) is 76.8 Å². The average Bonchev–Trinajstić information content (AvgIpc) is 3.12. The van der Waals surface area contributed by atoms with E-state index in [-0.39, 0.29) is 22.2 Å². The van der Waals surface area contributed by atoms with Gasteiger partial charge in [-0.1, -0.05) is 68.1 Å². The number of likely N-dealkylation sites (tertiary alicyclic amines) is 1. The van der Waals surface area contributed by atoms with E-state index in [1.165, 1.54) is 44.1 Å². The number of para-hydroxylation sites is 2. The molecule has 2 fully saturated rings. The lowest BCUT2D eigenvalue weighted by molar-refractivity contribution is -0.117. The number of aromatic nitrogens is 2. The molecule has 1 amide bonds. The molecule has 1 aromatic heterocycles. The molecule has 3 N–H and O–H groups in total. The van der Waals surface area contributed by atoms with Gasteiger partial charge in [-0.3, -0.25) is 15.0 Å². The zero-order valence-electron chi connectivity index (χ0n) is 23.2. The van der Waals surface area contributed by atoms with Crippen LogP contribution in [-0.4, -0.2) is 50.5 Å². The van der Waals surface area contributed by atoms with Crippen molar-refractivity contribution in [1.82, 2.24) is 14.5 Å². The largest absolute Gasteiger partial charge is 0.319 e. The second-order valence-electron chi connectivity index (χ2n) is 11.6. The molecule has 1 aliphatic carbocycles. The van der Waals surface area contributed by atoms with Crippen molar-refractivity contribution in [2.45, 2.75) is 87.6 Å². The maximum Gasteiger partial charge on any atom is 0.245 e. The van der Waals surface area contributed by atoms with Crippen molar-refractivity contribution in [3.63, 3.8) is 0 Å². The molecule has 1 saturated carbocycles. The number of piperidine rings is 1. The number of rotatable bonds is 7. The van der Waals surface area contributed by atoms with E-state index in [1.54, 1.807) is 11.8 Å². The van der Waals surface area contributed by atoms with Crippen LogP contribution in [0, 0.1) is 0 Å². The van der Waals surface area contributed by atoms with Gasteiger partial charge in [-0.2, -0.15) is 11.8 Å². The number of anilines is 1. The molecule has 0 bridgehead atoms. The van der Waals surface area contributed by atoms with Crippen LogP contribution in [0.25, 0.3) is 11.0 Å². The van der Waals surface area contributed by atoms with Crippen LogP contribution in [0.4, 0.5) is 5.95 Å². The number of imidazole rings is 1.